The van der Waals surface area contributed by atoms with Gasteiger partial charge in [-0.15, -0.1) is 0 Å². The number of nitrogens with one attached hydrogen (secondary N) is 2. The summed E-state index contributed by atoms with van der Waals surface area (Å²) in [4.78, 5) is 11.6. The van der Waals surface area contributed by atoms with Crippen molar-refractivity contribution in [1.29, 1.82) is 0 Å². The Morgan fingerprint density at radius 2 is 1.67 bits per heavy atom. The van der Waals surface area contributed by atoms with Crippen molar-refractivity contribution in [2.24, 2.45) is 11.3 Å². The van der Waals surface area contributed by atoms with Gasteiger partial charge < -0.3 is 15.7 Å². The first kappa shape index (κ1) is 17.5. The minimum atomic E-state index is -0.0650. The molecule has 0 aliphatic heterocycles. The number of hydrogen-bond acceptors (Lipinski definition) is 3. The number of rotatable bonds is 8. The molecule has 3 N–H and O–H groups in total. The highest BCUT2D eigenvalue weighted by molar-refractivity contribution is 5.92. The maximum atomic E-state index is 11.6. The van der Waals surface area contributed by atoms with Gasteiger partial charge in [-0.1, -0.05) is 27.7 Å². The molecule has 0 aliphatic carbocycles. The number of aliphatic hydroxyl groups excluding tert-OH is 1. The average molecular weight is 292 g/mol. The van der Waals surface area contributed by atoms with Gasteiger partial charge in [0, 0.05) is 29.3 Å². The number of amides is 1. The van der Waals surface area contributed by atoms with Crippen LogP contribution in [0.15, 0.2) is 24.3 Å². The highest BCUT2D eigenvalue weighted by Gasteiger charge is 2.24. The zero-order valence-corrected chi connectivity index (χ0v) is 13.6. The Balaban J connectivity index is 2.61. The van der Waals surface area contributed by atoms with E-state index in [1.54, 1.807) is 0 Å². The molecule has 0 atom stereocenters. The average Bonchev–Trinajstić information content (AvgIpc) is 2.50. The fraction of sp³-hybridized carbons (Fsp3) is 0.588. The summed E-state index contributed by atoms with van der Waals surface area (Å²) in [6, 6.07) is 7.68. The van der Waals surface area contributed by atoms with E-state index in [2.05, 4.69) is 24.5 Å². The molecule has 0 radical (unpaired) electrons. The van der Waals surface area contributed by atoms with Crippen LogP contribution in [-0.2, 0) is 4.79 Å². The van der Waals surface area contributed by atoms with E-state index in [-0.39, 0.29) is 23.8 Å². The largest absolute Gasteiger partial charge is 0.396 e. The monoisotopic (exact) mass is 292 g/mol. The summed E-state index contributed by atoms with van der Waals surface area (Å²) in [5, 5.41) is 15.8. The lowest BCUT2D eigenvalue weighted by molar-refractivity contribution is -0.118. The van der Waals surface area contributed by atoms with Crippen molar-refractivity contribution in [3.05, 3.63) is 24.3 Å². The van der Waals surface area contributed by atoms with E-state index in [0.29, 0.717) is 0 Å². The standard InChI is InChI=1S/C17H28N2O2/c1-5-17(6-2,12-20)11-18-14-7-9-15(10-8-14)19-16(21)13(3)4/h7-10,13,18,20H,5-6,11-12H2,1-4H3,(H,19,21). The molecule has 0 fully saturated rings. The Hall–Kier alpha value is -1.55. The third-order valence-corrected chi connectivity index (χ3v) is 4.18. The molecule has 1 amide bonds. The van der Waals surface area contributed by atoms with Crippen LogP contribution in [0.2, 0.25) is 0 Å². The molecule has 0 heterocycles. The van der Waals surface area contributed by atoms with Gasteiger partial charge in [-0.2, -0.15) is 0 Å². The van der Waals surface area contributed by atoms with Crippen LogP contribution in [0.25, 0.3) is 0 Å². The zero-order valence-electron chi connectivity index (χ0n) is 13.6. The van der Waals surface area contributed by atoms with Crippen molar-refractivity contribution in [2.45, 2.75) is 40.5 Å². The first-order chi connectivity index (χ1) is 9.96. The van der Waals surface area contributed by atoms with E-state index < -0.39 is 0 Å². The molecule has 1 aromatic carbocycles. The number of benzene rings is 1. The maximum Gasteiger partial charge on any atom is 0.226 e. The molecule has 0 aliphatic rings. The van der Waals surface area contributed by atoms with Crippen LogP contribution in [0.3, 0.4) is 0 Å². The summed E-state index contributed by atoms with van der Waals surface area (Å²) in [5.41, 5.74) is 1.74. The van der Waals surface area contributed by atoms with Gasteiger partial charge in [0.1, 0.15) is 0 Å². The summed E-state index contributed by atoms with van der Waals surface area (Å²) < 4.78 is 0. The molecule has 0 aromatic heterocycles. The predicted octanol–water partition coefficient (Wildman–Crippen LogP) is 3.49. The number of carbonyl (C=O) groups is 1. The SMILES string of the molecule is CCC(CC)(CO)CNc1ccc(NC(=O)C(C)C)cc1. The Bertz CT molecular complexity index is 428. The molecule has 118 valence electrons. The van der Waals surface area contributed by atoms with E-state index in [0.717, 1.165) is 30.8 Å². The molecule has 0 saturated carbocycles. The summed E-state index contributed by atoms with van der Waals surface area (Å²) in [6.07, 6.45) is 1.88. The van der Waals surface area contributed by atoms with Crippen LogP contribution < -0.4 is 10.6 Å². The van der Waals surface area contributed by atoms with Crippen LogP contribution in [0.1, 0.15) is 40.5 Å². The smallest absolute Gasteiger partial charge is 0.226 e. The second kappa shape index (κ2) is 8.03. The Kier molecular flexibility index (Phi) is 6.69. The lowest BCUT2D eigenvalue weighted by Crippen LogP contribution is -2.32. The van der Waals surface area contributed by atoms with Gasteiger partial charge in [0.05, 0.1) is 6.61 Å². The van der Waals surface area contributed by atoms with Crippen LogP contribution in [-0.4, -0.2) is 24.2 Å². The van der Waals surface area contributed by atoms with Crippen LogP contribution in [0, 0.1) is 11.3 Å². The molecule has 4 nitrogen and oxygen atoms in total. The molecule has 1 rings (SSSR count). The van der Waals surface area contributed by atoms with Crippen LogP contribution in [0.4, 0.5) is 11.4 Å². The third kappa shape index (κ3) is 5.05. The first-order valence-electron chi connectivity index (χ1n) is 7.72. The van der Waals surface area contributed by atoms with Gasteiger partial charge in [-0.05, 0) is 37.1 Å². The maximum absolute atomic E-state index is 11.6. The topological polar surface area (TPSA) is 61.4 Å². The van der Waals surface area contributed by atoms with E-state index in [1.807, 2.05) is 38.1 Å². The lowest BCUT2D eigenvalue weighted by Gasteiger charge is -2.30. The molecule has 0 bridgehead atoms. The molecule has 0 spiro atoms. The molecule has 1 aromatic rings. The zero-order chi connectivity index (χ0) is 15.9. The molecule has 4 heteroatoms. The van der Waals surface area contributed by atoms with E-state index in [4.69, 9.17) is 0 Å². The number of hydrogen-bond donors (Lipinski definition) is 3. The second-order valence-electron chi connectivity index (χ2n) is 5.94. The van der Waals surface area contributed by atoms with Gasteiger partial charge in [0.2, 0.25) is 5.91 Å². The highest BCUT2D eigenvalue weighted by atomic mass is 16.3. The van der Waals surface area contributed by atoms with Crippen molar-refractivity contribution in [3.63, 3.8) is 0 Å². The van der Waals surface area contributed by atoms with E-state index in [9.17, 15) is 9.90 Å². The molecular weight excluding hydrogens is 264 g/mol. The van der Waals surface area contributed by atoms with Gasteiger partial charge >= 0.3 is 0 Å². The summed E-state index contributed by atoms with van der Waals surface area (Å²) in [7, 11) is 0. The van der Waals surface area contributed by atoms with E-state index >= 15 is 0 Å². The van der Waals surface area contributed by atoms with Crippen molar-refractivity contribution in [1.82, 2.24) is 0 Å². The second-order valence-corrected chi connectivity index (χ2v) is 5.94. The highest BCUT2D eigenvalue weighted by Crippen LogP contribution is 2.26. The quantitative estimate of drug-likeness (QED) is 0.687. The summed E-state index contributed by atoms with van der Waals surface area (Å²) in [5.74, 6) is -0.00551. The molecular formula is C17H28N2O2. The summed E-state index contributed by atoms with van der Waals surface area (Å²) >= 11 is 0. The van der Waals surface area contributed by atoms with Crippen molar-refractivity contribution in [2.75, 3.05) is 23.8 Å². The van der Waals surface area contributed by atoms with Gasteiger partial charge in [0.25, 0.3) is 0 Å². The number of anilines is 2. The van der Waals surface area contributed by atoms with Crippen LogP contribution in [0.5, 0.6) is 0 Å². The fourth-order valence-corrected chi connectivity index (χ4v) is 2.03. The van der Waals surface area contributed by atoms with Crippen molar-refractivity contribution < 1.29 is 9.90 Å². The van der Waals surface area contributed by atoms with E-state index in [1.165, 1.54) is 0 Å². The Morgan fingerprint density at radius 1 is 1.14 bits per heavy atom. The van der Waals surface area contributed by atoms with Crippen molar-refractivity contribution >= 4 is 17.3 Å². The predicted molar refractivity (Wildman–Crippen MR) is 88.5 cm³/mol. The normalized spacial score (nSPS) is 11.5. The van der Waals surface area contributed by atoms with Gasteiger partial charge in [-0.3, -0.25) is 4.79 Å². The summed E-state index contributed by atoms with van der Waals surface area (Å²) in [6.45, 7) is 8.88. The van der Waals surface area contributed by atoms with Crippen LogP contribution >= 0.6 is 0 Å². The van der Waals surface area contributed by atoms with Gasteiger partial charge in [-0.25, -0.2) is 0 Å². The first-order valence-corrected chi connectivity index (χ1v) is 7.72. The molecule has 0 unspecified atom stereocenters. The minimum Gasteiger partial charge on any atom is -0.396 e. The fourth-order valence-electron chi connectivity index (χ4n) is 2.03. The molecule has 21 heavy (non-hydrogen) atoms. The van der Waals surface area contributed by atoms with Gasteiger partial charge in [0.15, 0.2) is 0 Å². The number of aliphatic hydroxyl groups is 1. The Morgan fingerprint density at radius 3 is 2.10 bits per heavy atom. The number of carbonyl (C=O) groups excluding carboxylic acids is 1. The Labute approximate surface area is 128 Å². The van der Waals surface area contributed by atoms with Crippen molar-refractivity contribution in [3.8, 4) is 0 Å². The minimum absolute atomic E-state index is 0.0203. The lowest BCUT2D eigenvalue weighted by atomic mass is 9.83. The third-order valence-electron chi connectivity index (χ3n) is 4.18. The molecule has 0 saturated heterocycles.